The molecule has 0 bridgehead atoms. The van der Waals surface area contributed by atoms with Crippen LogP contribution in [0.1, 0.15) is 57.6 Å². The van der Waals surface area contributed by atoms with Crippen molar-refractivity contribution in [2.75, 3.05) is 0 Å². The summed E-state index contributed by atoms with van der Waals surface area (Å²) in [5, 5.41) is 1.32. The van der Waals surface area contributed by atoms with Crippen LogP contribution in [0.15, 0.2) is 30.5 Å². The van der Waals surface area contributed by atoms with Gasteiger partial charge in [-0.2, -0.15) is 0 Å². The molecule has 1 heterocycles. The van der Waals surface area contributed by atoms with Crippen molar-refractivity contribution in [3.63, 3.8) is 0 Å². The summed E-state index contributed by atoms with van der Waals surface area (Å²) in [6, 6.07) is 9.47. The average molecular weight is 256 g/mol. The van der Waals surface area contributed by atoms with Crippen molar-refractivity contribution >= 4 is 10.9 Å². The van der Waals surface area contributed by atoms with Crippen molar-refractivity contribution in [1.82, 2.24) is 4.57 Å². The molecule has 2 heteroatoms. The number of nitrogens with zero attached hydrogens (tertiary/aromatic N) is 1. The highest BCUT2D eigenvalue weighted by Crippen LogP contribution is 2.34. The summed E-state index contributed by atoms with van der Waals surface area (Å²) >= 11 is 0. The highest BCUT2D eigenvalue weighted by molar-refractivity contribution is 5.84. The number of nitrogens with two attached hydrogens (primary N) is 1. The molecule has 1 fully saturated rings. The van der Waals surface area contributed by atoms with Crippen molar-refractivity contribution in [2.45, 2.75) is 57.5 Å². The Hall–Kier alpha value is -1.28. The minimum atomic E-state index is -0.280. The van der Waals surface area contributed by atoms with E-state index in [1.165, 1.54) is 48.6 Å². The highest BCUT2D eigenvalue weighted by atomic mass is 15.0. The molecule has 19 heavy (non-hydrogen) atoms. The second-order valence-electron chi connectivity index (χ2n) is 6.47. The molecule has 2 aromatic rings. The van der Waals surface area contributed by atoms with Gasteiger partial charge in [0.15, 0.2) is 0 Å². The van der Waals surface area contributed by atoms with Crippen molar-refractivity contribution in [3.05, 3.63) is 36.0 Å². The number of hydrogen-bond donors (Lipinski definition) is 1. The van der Waals surface area contributed by atoms with Gasteiger partial charge in [-0.25, -0.2) is 0 Å². The molecule has 0 aliphatic heterocycles. The van der Waals surface area contributed by atoms with Crippen LogP contribution in [0.25, 0.3) is 10.9 Å². The third-order valence-corrected chi connectivity index (χ3v) is 4.43. The Labute approximate surface area is 115 Å². The number of benzene rings is 1. The predicted molar refractivity (Wildman–Crippen MR) is 81.3 cm³/mol. The molecule has 0 radical (unpaired) electrons. The molecule has 3 rings (SSSR count). The number of rotatable bonds is 2. The van der Waals surface area contributed by atoms with Gasteiger partial charge in [-0.15, -0.1) is 0 Å². The average Bonchev–Trinajstić information content (AvgIpc) is 2.82. The van der Waals surface area contributed by atoms with Gasteiger partial charge in [-0.3, -0.25) is 0 Å². The van der Waals surface area contributed by atoms with Gasteiger partial charge in [-0.05, 0) is 44.4 Å². The van der Waals surface area contributed by atoms with Crippen molar-refractivity contribution in [1.29, 1.82) is 0 Å². The standard InChI is InChI=1S/C17H24N2/c1-17(2,18)15-9-6-10-16-14(15)11-12-19(16)13-7-4-3-5-8-13/h6,9-13H,3-5,7-8,18H2,1-2H3. The summed E-state index contributed by atoms with van der Waals surface area (Å²) in [5.74, 6) is 0. The zero-order valence-corrected chi connectivity index (χ0v) is 12.0. The fraction of sp³-hybridized carbons (Fsp3) is 0.529. The van der Waals surface area contributed by atoms with E-state index in [1.807, 2.05) is 0 Å². The second-order valence-corrected chi connectivity index (χ2v) is 6.47. The first-order valence-corrected chi connectivity index (χ1v) is 7.46. The van der Waals surface area contributed by atoms with E-state index in [4.69, 9.17) is 5.73 Å². The summed E-state index contributed by atoms with van der Waals surface area (Å²) in [7, 11) is 0. The van der Waals surface area contributed by atoms with E-state index < -0.39 is 0 Å². The first kappa shape index (κ1) is 12.7. The molecular weight excluding hydrogens is 232 g/mol. The minimum absolute atomic E-state index is 0.280. The fourth-order valence-electron chi connectivity index (χ4n) is 3.43. The van der Waals surface area contributed by atoms with Crippen LogP contribution in [0.3, 0.4) is 0 Å². The van der Waals surface area contributed by atoms with Crippen LogP contribution in [0, 0.1) is 0 Å². The van der Waals surface area contributed by atoms with Gasteiger partial charge in [0.25, 0.3) is 0 Å². The lowest BCUT2D eigenvalue weighted by molar-refractivity contribution is 0.361. The van der Waals surface area contributed by atoms with Crippen LogP contribution in [0.4, 0.5) is 0 Å². The largest absolute Gasteiger partial charge is 0.344 e. The summed E-state index contributed by atoms with van der Waals surface area (Å²) in [5.41, 5.74) is 8.62. The molecular formula is C17H24N2. The summed E-state index contributed by atoms with van der Waals surface area (Å²) in [6.07, 6.45) is 9.03. The van der Waals surface area contributed by atoms with Gasteiger partial charge in [-0.1, -0.05) is 31.4 Å². The molecule has 0 spiro atoms. The van der Waals surface area contributed by atoms with E-state index in [0.717, 1.165) is 0 Å². The molecule has 102 valence electrons. The third kappa shape index (κ3) is 2.30. The van der Waals surface area contributed by atoms with Gasteiger partial charge in [0.2, 0.25) is 0 Å². The number of aromatic nitrogens is 1. The van der Waals surface area contributed by atoms with Crippen LogP contribution >= 0.6 is 0 Å². The maximum Gasteiger partial charge on any atom is 0.0486 e. The van der Waals surface area contributed by atoms with Crippen LogP contribution in [-0.4, -0.2) is 4.57 Å². The Morgan fingerprint density at radius 1 is 1.11 bits per heavy atom. The zero-order valence-electron chi connectivity index (χ0n) is 12.0. The molecule has 1 aliphatic carbocycles. The van der Waals surface area contributed by atoms with Crippen LogP contribution in [0.2, 0.25) is 0 Å². The van der Waals surface area contributed by atoms with Gasteiger partial charge < -0.3 is 10.3 Å². The predicted octanol–water partition coefficient (Wildman–Crippen LogP) is 4.34. The smallest absolute Gasteiger partial charge is 0.0486 e. The fourth-order valence-corrected chi connectivity index (χ4v) is 3.43. The summed E-state index contributed by atoms with van der Waals surface area (Å²) < 4.78 is 2.48. The van der Waals surface area contributed by atoms with E-state index in [2.05, 4.69) is 48.9 Å². The summed E-state index contributed by atoms with van der Waals surface area (Å²) in [6.45, 7) is 4.17. The number of hydrogen-bond acceptors (Lipinski definition) is 1. The van der Waals surface area contributed by atoms with Crippen LogP contribution < -0.4 is 5.73 Å². The molecule has 0 saturated heterocycles. The van der Waals surface area contributed by atoms with Crippen LogP contribution in [-0.2, 0) is 5.54 Å². The lowest BCUT2D eigenvalue weighted by Gasteiger charge is -2.25. The number of fused-ring (bicyclic) bond motifs is 1. The first-order valence-electron chi connectivity index (χ1n) is 7.46. The highest BCUT2D eigenvalue weighted by Gasteiger charge is 2.21. The Kier molecular flexibility index (Phi) is 3.14. The topological polar surface area (TPSA) is 30.9 Å². The van der Waals surface area contributed by atoms with Gasteiger partial charge in [0.1, 0.15) is 0 Å². The lowest BCUT2D eigenvalue weighted by Crippen LogP contribution is -2.28. The monoisotopic (exact) mass is 256 g/mol. The zero-order chi connectivity index (χ0) is 13.5. The summed E-state index contributed by atoms with van der Waals surface area (Å²) in [4.78, 5) is 0. The molecule has 2 N–H and O–H groups in total. The molecule has 0 atom stereocenters. The molecule has 0 unspecified atom stereocenters. The quantitative estimate of drug-likeness (QED) is 0.851. The molecule has 1 aromatic carbocycles. The van der Waals surface area contributed by atoms with E-state index in [0.29, 0.717) is 6.04 Å². The Morgan fingerprint density at radius 3 is 2.53 bits per heavy atom. The van der Waals surface area contributed by atoms with Gasteiger partial charge in [0.05, 0.1) is 0 Å². The third-order valence-electron chi connectivity index (χ3n) is 4.43. The molecule has 2 nitrogen and oxygen atoms in total. The molecule has 0 amide bonds. The van der Waals surface area contributed by atoms with E-state index in [9.17, 15) is 0 Å². The maximum atomic E-state index is 6.30. The Bertz CT molecular complexity index is 568. The molecule has 1 saturated carbocycles. The molecule has 1 aromatic heterocycles. The Morgan fingerprint density at radius 2 is 1.84 bits per heavy atom. The van der Waals surface area contributed by atoms with Crippen LogP contribution in [0.5, 0.6) is 0 Å². The van der Waals surface area contributed by atoms with E-state index >= 15 is 0 Å². The van der Waals surface area contributed by atoms with E-state index in [1.54, 1.807) is 0 Å². The SMILES string of the molecule is CC(C)(N)c1cccc2c1ccn2C1CCCCC1. The Balaban J connectivity index is 2.08. The van der Waals surface area contributed by atoms with Gasteiger partial charge >= 0.3 is 0 Å². The minimum Gasteiger partial charge on any atom is -0.344 e. The van der Waals surface area contributed by atoms with Crippen molar-refractivity contribution < 1.29 is 0 Å². The molecule has 1 aliphatic rings. The normalized spacial score (nSPS) is 18.1. The second kappa shape index (κ2) is 4.68. The first-order chi connectivity index (χ1) is 9.07. The van der Waals surface area contributed by atoms with Crippen molar-refractivity contribution in [2.24, 2.45) is 5.73 Å². The van der Waals surface area contributed by atoms with E-state index in [-0.39, 0.29) is 5.54 Å². The lowest BCUT2D eigenvalue weighted by atomic mass is 9.92. The van der Waals surface area contributed by atoms with Crippen molar-refractivity contribution in [3.8, 4) is 0 Å². The maximum absolute atomic E-state index is 6.30. The van der Waals surface area contributed by atoms with Gasteiger partial charge in [0, 0.05) is 28.7 Å².